The van der Waals surface area contributed by atoms with Crippen LogP contribution in [0.4, 0.5) is 17.1 Å². The first-order valence-electron chi connectivity index (χ1n) is 16.7. The number of para-hydroxylation sites is 1. The van der Waals surface area contributed by atoms with Crippen LogP contribution in [0.1, 0.15) is 90.9 Å². The monoisotopic (exact) mass is 614 g/mol. The Morgan fingerprint density at radius 2 is 1.20 bits per heavy atom. The summed E-state index contributed by atoms with van der Waals surface area (Å²) in [5.74, 6) is 1.96. The summed E-state index contributed by atoms with van der Waals surface area (Å²) in [5, 5.41) is 3.45. The number of unbranched alkanes of at least 4 members (excludes halogenated alkanes) is 8. The minimum absolute atomic E-state index is 0.0132. The number of benzene rings is 3. The van der Waals surface area contributed by atoms with E-state index in [9.17, 15) is 4.79 Å². The highest BCUT2D eigenvalue weighted by atomic mass is 16.5. The van der Waals surface area contributed by atoms with E-state index in [1.54, 1.807) is 26.1 Å². The third-order valence-corrected chi connectivity index (χ3v) is 8.77. The van der Waals surface area contributed by atoms with Crippen molar-refractivity contribution in [1.29, 1.82) is 0 Å². The summed E-state index contributed by atoms with van der Waals surface area (Å²) in [4.78, 5) is 16.6. The highest BCUT2D eigenvalue weighted by Crippen LogP contribution is 2.45. The Labute approximate surface area is 270 Å². The summed E-state index contributed by atoms with van der Waals surface area (Å²) in [7, 11) is 4.30. The minimum atomic E-state index is -0.908. The predicted molar refractivity (Wildman–Crippen MR) is 186 cm³/mol. The van der Waals surface area contributed by atoms with Crippen LogP contribution in [-0.4, -0.2) is 39.9 Å². The maximum Gasteiger partial charge on any atom is 0.460 e. The Morgan fingerprint density at radius 1 is 0.689 bits per heavy atom. The third-order valence-electron chi connectivity index (χ3n) is 8.77. The SMILES string of the molecule is CCCCCCCCC1(CCCCCC)OB(c2ccc(Nc3ccc(OC)cc3)cc2)N(c2c(OC)cccc2OC)C1=O. The number of hydrogen-bond donors (Lipinski definition) is 1. The van der Waals surface area contributed by atoms with Gasteiger partial charge in [0.05, 0.1) is 21.3 Å². The number of amides is 1. The van der Waals surface area contributed by atoms with Crippen molar-refractivity contribution < 1.29 is 23.7 Å². The Hall–Kier alpha value is -3.65. The number of nitrogens with zero attached hydrogens (tertiary/aromatic N) is 1. The molecule has 0 spiro atoms. The van der Waals surface area contributed by atoms with Gasteiger partial charge in [-0.15, -0.1) is 0 Å². The smallest absolute Gasteiger partial charge is 0.460 e. The number of ether oxygens (including phenoxy) is 3. The zero-order valence-electron chi connectivity index (χ0n) is 27.9. The van der Waals surface area contributed by atoms with E-state index in [0.29, 0.717) is 30.0 Å². The lowest BCUT2D eigenvalue weighted by molar-refractivity contribution is -0.130. The van der Waals surface area contributed by atoms with Gasteiger partial charge in [-0.25, -0.2) is 0 Å². The summed E-state index contributed by atoms with van der Waals surface area (Å²) in [6, 6.07) is 21.6. The molecule has 1 N–H and O–H groups in total. The van der Waals surface area contributed by atoms with Gasteiger partial charge in [0.1, 0.15) is 28.5 Å². The summed E-state index contributed by atoms with van der Waals surface area (Å²) in [6.45, 7) is 4.45. The summed E-state index contributed by atoms with van der Waals surface area (Å²) in [5.41, 5.74) is 2.50. The second-order valence-electron chi connectivity index (χ2n) is 12.0. The van der Waals surface area contributed by atoms with Crippen LogP contribution < -0.4 is 29.8 Å². The van der Waals surface area contributed by atoms with Crippen molar-refractivity contribution in [3.8, 4) is 17.2 Å². The van der Waals surface area contributed by atoms with Crippen molar-refractivity contribution in [3.63, 3.8) is 0 Å². The molecule has 1 aliphatic heterocycles. The molecule has 7 nitrogen and oxygen atoms in total. The predicted octanol–water partition coefficient (Wildman–Crippen LogP) is 8.67. The molecule has 1 saturated heterocycles. The number of carbonyl (C=O) groups excluding carboxylic acids is 1. The molecule has 3 aromatic carbocycles. The zero-order valence-corrected chi connectivity index (χ0v) is 27.9. The van der Waals surface area contributed by atoms with Gasteiger partial charge in [0.2, 0.25) is 5.91 Å². The Bertz CT molecular complexity index is 1310. The Kier molecular flexibility index (Phi) is 13.1. The molecule has 0 saturated carbocycles. The van der Waals surface area contributed by atoms with Gasteiger partial charge in [-0.2, -0.15) is 0 Å². The van der Waals surface area contributed by atoms with Gasteiger partial charge in [0.15, 0.2) is 0 Å². The van der Waals surface area contributed by atoms with Gasteiger partial charge < -0.3 is 29.0 Å². The molecule has 0 aromatic heterocycles. The lowest BCUT2D eigenvalue weighted by atomic mass is 9.71. The van der Waals surface area contributed by atoms with Crippen molar-refractivity contribution in [2.45, 2.75) is 96.5 Å². The molecule has 4 rings (SSSR count). The van der Waals surface area contributed by atoms with Crippen molar-refractivity contribution in [2.24, 2.45) is 0 Å². The van der Waals surface area contributed by atoms with E-state index >= 15 is 0 Å². The first-order valence-corrected chi connectivity index (χ1v) is 16.7. The number of anilines is 3. The van der Waals surface area contributed by atoms with Crippen LogP contribution in [0.3, 0.4) is 0 Å². The molecule has 0 bridgehead atoms. The second kappa shape index (κ2) is 17.2. The fraction of sp³-hybridized carbons (Fsp3) is 0.486. The van der Waals surface area contributed by atoms with Gasteiger partial charge in [-0.05, 0) is 66.8 Å². The van der Waals surface area contributed by atoms with E-state index in [0.717, 1.165) is 61.1 Å². The van der Waals surface area contributed by atoms with E-state index in [1.165, 1.54) is 25.7 Å². The zero-order chi connectivity index (χ0) is 32.1. The topological polar surface area (TPSA) is 69.3 Å². The number of rotatable bonds is 19. The van der Waals surface area contributed by atoms with Crippen LogP contribution >= 0.6 is 0 Å². The highest BCUT2D eigenvalue weighted by molar-refractivity contribution is 6.77. The average molecular weight is 615 g/mol. The number of hydrogen-bond acceptors (Lipinski definition) is 6. The first kappa shape index (κ1) is 34.2. The van der Waals surface area contributed by atoms with Gasteiger partial charge >= 0.3 is 7.05 Å². The second-order valence-corrected chi connectivity index (χ2v) is 12.0. The minimum Gasteiger partial charge on any atom is -0.497 e. The molecule has 1 atom stereocenters. The Morgan fingerprint density at radius 3 is 1.73 bits per heavy atom. The molecule has 1 fully saturated rings. The molecule has 0 aliphatic carbocycles. The van der Waals surface area contributed by atoms with E-state index in [4.69, 9.17) is 18.9 Å². The molecule has 1 aliphatic rings. The largest absolute Gasteiger partial charge is 0.497 e. The van der Waals surface area contributed by atoms with E-state index < -0.39 is 12.7 Å². The normalized spacial score (nSPS) is 16.2. The van der Waals surface area contributed by atoms with Crippen molar-refractivity contribution in [2.75, 3.05) is 31.5 Å². The summed E-state index contributed by atoms with van der Waals surface area (Å²) in [6.07, 6.45) is 12.7. The maximum absolute atomic E-state index is 14.8. The molecule has 242 valence electrons. The molecule has 45 heavy (non-hydrogen) atoms. The van der Waals surface area contributed by atoms with Crippen LogP contribution in [0.5, 0.6) is 17.2 Å². The van der Waals surface area contributed by atoms with Gasteiger partial charge in [0, 0.05) is 11.4 Å². The number of carbonyl (C=O) groups is 1. The molecule has 0 radical (unpaired) electrons. The number of nitrogens with one attached hydrogen (secondary N) is 1. The number of methoxy groups -OCH3 is 3. The van der Waals surface area contributed by atoms with Crippen molar-refractivity contribution >= 4 is 35.5 Å². The Balaban J connectivity index is 1.68. The van der Waals surface area contributed by atoms with Crippen LogP contribution in [-0.2, 0) is 9.45 Å². The van der Waals surface area contributed by atoms with E-state index in [1.807, 2.05) is 66.7 Å². The summed E-state index contributed by atoms with van der Waals surface area (Å²) < 4.78 is 23.9. The quantitative estimate of drug-likeness (QED) is 0.108. The third kappa shape index (κ3) is 8.54. The molecule has 1 heterocycles. The molecule has 3 aromatic rings. The maximum atomic E-state index is 14.8. The molecule has 1 amide bonds. The fourth-order valence-corrected chi connectivity index (χ4v) is 6.20. The van der Waals surface area contributed by atoms with Gasteiger partial charge in [0.25, 0.3) is 0 Å². The van der Waals surface area contributed by atoms with Crippen LogP contribution in [0.2, 0.25) is 0 Å². The van der Waals surface area contributed by atoms with Crippen molar-refractivity contribution in [1.82, 2.24) is 0 Å². The molecule has 8 heteroatoms. The van der Waals surface area contributed by atoms with E-state index in [2.05, 4.69) is 19.2 Å². The lowest BCUT2D eigenvalue weighted by Gasteiger charge is -2.28. The molecular formula is C37H51BN2O5. The molecule has 1 unspecified atom stereocenters. The van der Waals surface area contributed by atoms with Gasteiger partial charge in [-0.3, -0.25) is 4.79 Å². The van der Waals surface area contributed by atoms with Crippen LogP contribution in [0.15, 0.2) is 66.7 Å². The highest BCUT2D eigenvalue weighted by Gasteiger charge is 2.56. The van der Waals surface area contributed by atoms with Crippen molar-refractivity contribution in [3.05, 3.63) is 66.7 Å². The lowest BCUT2D eigenvalue weighted by Crippen LogP contribution is -2.47. The summed E-state index contributed by atoms with van der Waals surface area (Å²) >= 11 is 0. The van der Waals surface area contributed by atoms with Gasteiger partial charge in [-0.1, -0.05) is 96.3 Å². The average Bonchev–Trinajstić information content (AvgIpc) is 3.36. The standard InChI is InChI=1S/C37H51BN2O5/c1-6-8-10-12-13-15-28-37(27-14-11-9-7-2)36(41)40(35-33(43-4)17-16-18-34(35)44-5)38(45-37)29-19-21-30(22-20-29)39-31-23-25-32(42-3)26-24-31/h16-26,39H,6-15,27-28H2,1-5H3. The fourth-order valence-electron chi connectivity index (χ4n) is 6.20. The van der Waals surface area contributed by atoms with Crippen LogP contribution in [0, 0.1) is 0 Å². The first-order chi connectivity index (χ1) is 22.0. The van der Waals surface area contributed by atoms with E-state index in [-0.39, 0.29) is 5.91 Å². The molecular weight excluding hydrogens is 563 g/mol. The van der Waals surface area contributed by atoms with Crippen LogP contribution in [0.25, 0.3) is 0 Å².